The van der Waals surface area contributed by atoms with E-state index in [0.717, 1.165) is 6.07 Å². The van der Waals surface area contributed by atoms with Crippen molar-refractivity contribution in [1.82, 2.24) is 5.32 Å². The van der Waals surface area contributed by atoms with Crippen molar-refractivity contribution >= 4 is 29.3 Å². The second-order valence-corrected chi connectivity index (χ2v) is 6.99. The van der Waals surface area contributed by atoms with Crippen LogP contribution in [0.5, 0.6) is 0 Å². The third-order valence-corrected chi connectivity index (χ3v) is 4.63. The number of halogens is 2. The number of ether oxygens (including phenoxy) is 1. The lowest BCUT2D eigenvalue weighted by molar-refractivity contribution is -0.183. The number of anilines is 1. The van der Waals surface area contributed by atoms with Crippen LogP contribution in [0.2, 0.25) is 5.02 Å². The van der Waals surface area contributed by atoms with Crippen LogP contribution in [0.15, 0.2) is 48.5 Å². The van der Waals surface area contributed by atoms with Crippen LogP contribution in [0.4, 0.5) is 14.9 Å². The summed E-state index contributed by atoms with van der Waals surface area (Å²) < 4.78 is 18.5. The first-order valence-electron chi connectivity index (χ1n) is 8.88. The number of hydrogen-bond donors (Lipinski definition) is 2. The van der Waals surface area contributed by atoms with Gasteiger partial charge in [0, 0.05) is 30.2 Å². The minimum absolute atomic E-state index is 0.00558. The van der Waals surface area contributed by atoms with Gasteiger partial charge in [0.1, 0.15) is 5.82 Å². The third-order valence-electron chi connectivity index (χ3n) is 4.42. The number of carbonyl (C=O) groups excluding carboxylic acids is 2. The molecule has 0 aliphatic carbocycles. The minimum Gasteiger partial charge on any atom is -0.407 e. The quantitative estimate of drug-likeness (QED) is 0.760. The Morgan fingerprint density at radius 2 is 2.00 bits per heavy atom. The number of para-hydroxylation sites is 1. The molecule has 1 aliphatic heterocycles. The molecule has 2 aromatic rings. The van der Waals surface area contributed by atoms with Gasteiger partial charge in [-0.3, -0.25) is 4.79 Å². The highest BCUT2D eigenvalue weighted by Gasteiger charge is 2.45. The molecule has 1 atom stereocenters. The Balaban J connectivity index is 1.68. The van der Waals surface area contributed by atoms with Crippen molar-refractivity contribution in [3.8, 4) is 0 Å². The van der Waals surface area contributed by atoms with Gasteiger partial charge in [0.25, 0.3) is 11.7 Å². The maximum absolute atomic E-state index is 13.4. The first kappa shape index (κ1) is 20.1. The Kier molecular flexibility index (Phi) is 6.16. The first-order chi connectivity index (χ1) is 13.4. The van der Waals surface area contributed by atoms with Crippen molar-refractivity contribution in [2.24, 2.45) is 0 Å². The van der Waals surface area contributed by atoms with Gasteiger partial charge in [0.2, 0.25) is 0 Å². The van der Waals surface area contributed by atoms with E-state index in [1.54, 1.807) is 24.3 Å². The Bertz CT molecular complexity index is 844. The molecule has 148 valence electrons. The van der Waals surface area contributed by atoms with Gasteiger partial charge in [-0.15, -0.1) is 0 Å². The van der Waals surface area contributed by atoms with Crippen molar-refractivity contribution in [3.63, 3.8) is 0 Å². The van der Waals surface area contributed by atoms with Crippen LogP contribution in [0, 0.1) is 5.82 Å². The summed E-state index contributed by atoms with van der Waals surface area (Å²) in [5.41, 5.74) is 1.04. The van der Waals surface area contributed by atoms with Crippen LogP contribution < -0.4 is 10.2 Å². The fourth-order valence-electron chi connectivity index (χ4n) is 3.08. The average Bonchev–Trinajstić information content (AvgIpc) is 2.79. The van der Waals surface area contributed by atoms with Crippen molar-refractivity contribution in [2.45, 2.75) is 31.6 Å². The first-order valence-corrected chi connectivity index (χ1v) is 9.26. The molecule has 1 fully saturated rings. The molecule has 0 aromatic heterocycles. The maximum atomic E-state index is 13.4. The van der Waals surface area contributed by atoms with Gasteiger partial charge in [0.15, 0.2) is 0 Å². The second kappa shape index (κ2) is 8.58. The number of hydrogen-bond acceptors (Lipinski definition) is 4. The molecular formula is C20H20ClFN2O4. The second-order valence-electron chi connectivity index (χ2n) is 6.55. The summed E-state index contributed by atoms with van der Waals surface area (Å²) in [6.07, 6.45) is 0.189. The lowest BCUT2D eigenvalue weighted by Crippen LogP contribution is -2.52. The van der Waals surface area contributed by atoms with Gasteiger partial charge in [-0.1, -0.05) is 29.8 Å². The summed E-state index contributed by atoms with van der Waals surface area (Å²) in [7, 11) is 0. The van der Waals surface area contributed by atoms with Crippen LogP contribution in [0.1, 0.15) is 24.8 Å². The zero-order valence-electron chi connectivity index (χ0n) is 15.0. The molecular weight excluding hydrogens is 387 g/mol. The molecule has 28 heavy (non-hydrogen) atoms. The molecule has 2 N–H and O–H groups in total. The fourth-order valence-corrected chi connectivity index (χ4v) is 3.32. The van der Waals surface area contributed by atoms with E-state index in [-0.39, 0.29) is 18.0 Å². The van der Waals surface area contributed by atoms with Crippen LogP contribution in [-0.4, -0.2) is 29.4 Å². The van der Waals surface area contributed by atoms with Crippen LogP contribution in [0.3, 0.4) is 0 Å². The Morgan fingerprint density at radius 3 is 2.71 bits per heavy atom. The molecule has 0 bridgehead atoms. The van der Waals surface area contributed by atoms with Gasteiger partial charge in [0.05, 0.1) is 0 Å². The summed E-state index contributed by atoms with van der Waals surface area (Å²) >= 11 is 5.78. The van der Waals surface area contributed by atoms with E-state index in [4.69, 9.17) is 16.3 Å². The van der Waals surface area contributed by atoms with E-state index in [1.165, 1.54) is 17.0 Å². The number of alkyl carbamates (subject to hydrolysis) is 1. The van der Waals surface area contributed by atoms with Gasteiger partial charge in [-0.2, -0.15) is 0 Å². The topological polar surface area (TPSA) is 78.9 Å². The zero-order valence-corrected chi connectivity index (χ0v) is 15.8. The average molecular weight is 407 g/mol. The number of carbonyl (C=O) groups is 2. The standard InChI is InChI=1S/C20H20ClFN2O4/c21-15-10-14(11-16(22)12-15)13-23-19(26)28-20(27)8-4-5-9-24(18(20)25)17-6-2-1-3-7-17/h1-3,6-7,10-12,27H,4-5,8-9,13H2,(H,23,26)/t20-/m0/s1. The summed E-state index contributed by atoms with van der Waals surface area (Å²) in [5, 5.41) is 13.4. The largest absolute Gasteiger partial charge is 0.410 e. The molecule has 0 radical (unpaired) electrons. The Labute approximate surface area is 166 Å². The zero-order chi connectivity index (χ0) is 20.1. The van der Waals surface area contributed by atoms with E-state index >= 15 is 0 Å². The highest BCUT2D eigenvalue weighted by molar-refractivity contribution is 6.30. The van der Waals surface area contributed by atoms with Crippen LogP contribution in [0.25, 0.3) is 0 Å². The molecule has 1 aliphatic rings. The van der Waals surface area contributed by atoms with Gasteiger partial charge >= 0.3 is 6.09 Å². The van der Waals surface area contributed by atoms with E-state index < -0.39 is 23.6 Å². The highest BCUT2D eigenvalue weighted by atomic mass is 35.5. The normalized spacial score (nSPS) is 19.8. The SMILES string of the molecule is O=C(NCc1cc(F)cc(Cl)c1)O[C@@]1(O)CCCCN(c2ccccc2)C1=O. The fraction of sp³-hybridized carbons (Fsp3) is 0.300. The van der Waals surface area contributed by atoms with Crippen molar-refractivity contribution in [1.29, 1.82) is 0 Å². The molecule has 1 saturated heterocycles. The Morgan fingerprint density at radius 1 is 1.25 bits per heavy atom. The molecule has 8 heteroatoms. The number of nitrogens with one attached hydrogen (secondary N) is 1. The van der Waals surface area contributed by atoms with Gasteiger partial charge < -0.3 is 20.1 Å². The summed E-state index contributed by atoms with van der Waals surface area (Å²) in [4.78, 5) is 26.4. The van der Waals surface area contributed by atoms with E-state index in [9.17, 15) is 19.1 Å². The molecule has 0 saturated carbocycles. The number of nitrogens with zero attached hydrogens (tertiary/aromatic N) is 1. The molecule has 2 amide bonds. The molecule has 2 aromatic carbocycles. The molecule has 0 unspecified atom stereocenters. The monoisotopic (exact) mass is 406 g/mol. The third kappa shape index (κ3) is 4.79. The van der Waals surface area contributed by atoms with Gasteiger partial charge in [-0.25, -0.2) is 9.18 Å². The number of benzene rings is 2. The van der Waals surface area contributed by atoms with Crippen molar-refractivity contribution in [2.75, 3.05) is 11.4 Å². The number of aliphatic hydroxyl groups is 1. The summed E-state index contributed by atoms with van der Waals surface area (Å²) in [5.74, 6) is -3.50. The highest BCUT2D eigenvalue weighted by Crippen LogP contribution is 2.27. The van der Waals surface area contributed by atoms with E-state index in [0.29, 0.717) is 30.6 Å². The molecule has 0 spiro atoms. The lowest BCUT2D eigenvalue weighted by atomic mass is 10.1. The summed E-state index contributed by atoms with van der Waals surface area (Å²) in [6.45, 7) is 0.348. The predicted octanol–water partition coefficient (Wildman–Crippen LogP) is 3.61. The van der Waals surface area contributed by atoms with E-state index in [1.807, 2.05) is 6.07 Å². The molecule has 6 nitrogen and oxygen atoms in total. The van der Waals surface area contributed by atoms with Crippen LogP contribution >= 0.6 is 11.6 Å². The summed E-state index contributed by atoms with van der Waals surface area (Å²) in [6, 6.07) is 12.7. The predicted molar refractivity (Wildman–Crippen MR) is 102 cm³/mol. The number of amides is 2. The lowest BCUT2D eigenvalue weighted by Gasteiger charge is -2.30. The molecule has 3 rings (SSSR count). The van der Waals surface area contributed by atoms with Crippen molar-refractivity contribution < 1.29 is 23.8 Å². The minimum atomic E-state index is -2.27. The van der Waals surface area contributed by atoms with Crippen LogP contribution in [-0.2, 0) is 16.1 Å². The maximum Gasteiger partial charge on any atom is 0.410 e. The molecule has 1 heterocycles. The Hall–Kier alpha value is -2.64. The van der Waals surface area contributed by atoms with E-state index in [2.05, 4.69) is 5.32 Å². The van der Waals surface area contributed by atoms with Gasteiger partial charge in [-0.05, 0) is 48.7 Å². The van der Waals surface area contributed by atoms with Crippen molar-refractivity contribution in [3.05, 3.63) is 64.9 Å². The number of rotatable bonds is 4. The smallest absolute Gasteiger partial charge is 0.407 e.